The molecule has 1 N–H and O–H groups in total. The van der Waals surface area contributed by atoms with E-state index >= 15 is 0 Å². The van der Waals surface area contributed by atoms with E-state index in [1.54, 1.807) is 0 Å². The highest BCUT2D eigenvalue weighted by molar-refractivity contribution is 7.09. The Morgan fingerprint density at radius 2 is 1.75 bits per heavy atom. The SMILES string of the molecule is CN(Cc1ccccc1)c1nc(NCc2c(F)cccc2F)ns1. The number of hydrogen-bond donors (Lipinski definition) is 1. The molecule has 1 aromatic heterocycles. The van der Waals surface area contributed by atoms with Crippen molar-refractivity contribution in [3.05, 3.63) is 71.3 Å². The second-order valence-corrected chi connectivity index (χ2v) is 6.03. The minimum absolute atomic E-state index is 0.00290. The van der Waals surface area contributed by atoms with E-state index in [2.05, 4.69) is 14.7 Å². The van der Waals surface area contributed by atoms with Crippen molar-refractivity contribution in [1.82, 2.24) is 9.36 Å². The Labute approximate surface area is 143 Å². The molecule has 0 aliphatic carbocycles. The Morgan fingerprint density at radius 1 is 1.04 bits per heavy atom. The molecule has 0 saturated carbocycles. The average molecular weight is 346 g/mol. The predicted molar refractivity (Wildman–Crippen MR) is 92.1 cm³/mol. The van der Waals surface area contributed by atoms with Crippen LogP contribution < -0.4 is 10.2 Å². The van der Waals surface area contributed by atoms with E-state index in [0.29, 0.717) is 12.5 Å². The lowest BCUT2D eigenvalue weighted by Crippen LogP contribution is -2.16. The Kier molecular flexibility index (Phi) is 5.00. The first-order valence-electron chi connectivity index (χ1n) is 7.39. The molecule has 24 heavy (non-hydrogen) atoms. The molecule has 124 valence electrons. The summed E-state index contributed by atoms with van der Waals surface area (Å²) in [6.07, 6.45) is 0. The highest BCUT2D eigenvalue weighted by Gasteiger charge is 2.12. The zero-order valence-corrected chi connectivity index (χ0v) is 13.9. The summed E-state index contributed by atoms with van der Waals surface area (Å²) in [4.78, 5) is 6.33. The van der Waals surface area contributed by atoms with Gasteiger partial charge >= 0.3 is 0 Å². The fourth-order valence-corrected chi connectivity index (χ4v) is 2.84. The topological polar surface area (TPSA) is 41.1 Å². The van der Waals surface area contributed by atoms with Crippen molar-refractivity contribution < 1.29 is 8.78 Å². The molecule has 3 rings (SSSR count). The van der Waals surface area contributed by atoms with Gasteiger partial charge in [0.25, 0.3) is 0 Å². The molecule has 0 spiro atoms. The van der Waals surface area contributed by atoms with Crippen LogP contribution in [0.2, 0.25) is 0 Å². The number of anilines is 2. The lowest BCUT2D eigenvalue weighted by molar-refractivity contribution is 0.560. The highest BCUT2D eigenvalue weighted by Crippen LogP contribution is 2.21. The lowest BCUT2D eigenvalue weighted by Gasteiger charge is -2.14. The van der Waals surface area contributed by atoms with E-state index in [-0.39, 0.29) is 12.1 Å². The molecule has 0 unspecified atom stereocenters. The smallest absolute Gasteiger partial charge is 0.236 e. The molecule has 1 heterocycles. The third kappa shape index (κ3) is 3.86. The van der Waals surface area contributed by atoms with E-state index in [0.717, 1.165) is 10.7 Å². The van der Waals surface area contributed by atoms with Gasteiger partial charge in [-0.1, -0.05) is 36.4 Å². The van der Waals surface area contributed by atoms with Crippen LogP contribution in [0.1, 0.15) is 11.1 Å². The van der Waals surface area contributed by atoms with Crippen LogP contribution in [0, 0.1) is 11.6 Å². The van der Waals surface area contributed by atoms with Crippen LogP contribution in [0.4, 0.5) is 19.9 Å². The minimum atomic E-state index is -0.584. The van der Waals surface area contributed by atoms with Crippen molar-refractivity contribution in [2.45, 2.75) is 13.1 Å². The first-order chi connectivity index (χ1) is 11.6. The molecule has 3 aromatic rings. The van der Waals surface area contributed by atoms with Crippen molar-refractivity contribution >= 4 is 22.6 Å². The molecule has 0 saturated heterocycles. The van der Waals surface area contributed by atoms with Gasteiger partial charge in [0, 0.05) is 37.2 Å². The van der Waals surface area contributed by atoms with Crippen LogP contribution >= 0.6 is 11.5 Å². The van der Waals surface area contributed by atoms with E-state index in [1.165, 1.54) is 29.7 Å². The lowest BCUT2D eigenvalue weighted by atomic mass is 10.2. The fourth-order valence-electron chi connectivity index (χ4n) is 2.24. The molecule has 0 atom stereocenters. The zero-order valence-electron chi connectivity index (χ0n) is 13.0. The Hall–Kier alpha value is -2.54. The van der Waals surface area contributed by atoms with Gasteiger partial charge in [-0.2, -0.15) is 9.36 Å². The summed E-state index contributed by atoms with van der Waals surface area (Å²) >= 11 is 1.24. The normalized spacial score (nSPS) is 10.6. The predicted octanol–water partition coefficient (Wildman–Crippen LogP) is 4.06. The van der Waals surface area contributed by atoms with Gasteiger partial charge in [0.15, 0.2) is 0 Å². The molecule has 0 radical (unpaired) electrons. The molecule has 0 aliphatic heterocycles. The summed E-state index contributed by atoms with van der Waals surface area (Å²) in [5.41, 5.74) is 1.14. The molecule has 0 bridgehead atoms. The maximum atomic E-state index is 13.6. The highest BCUT2D eigenvalue weighted by atomic mass is 32.1. The molecular formula is C17H16F2N4S. The summed E-state index contributed by atoms with van der Waals surface area (Å²) in [5, 5.41) is 3.60. The van der Waals surface area contributed by atoms with Crippen molar-refractivity contribution in [1.29, 1.82) is 0 Å². The summed E-state index contributed by atoms with van der Waals surface area (Å²) in [7, 11) is 1.92. The summed E-state index contributed by atoms with van der Waals surface area (Å²) in [6.45, 7) is 0.703. The van der Waals surface area contributed by atoms with E-state index in [1.807, 2.05) is 42.3 Å². The molecule has 0 aliphatic rings. The summed E-state index contributed by atoms with van der Waals surface area (Å²) in [6, 6.07) is 13.8. The maximum absolute atomic E-state index is 13.6. The van der Waals surface area contributed by atoms with Crippen LogP contribution in [-0.4, -0.2) is 16.4 Å². The molecule has 7 heteroatoms. The zero-order chi connectivity index (χ0) is 16.9. The van der Waals surface area contributed by atoms with Gasteiger partial charge in [-0.15, -0.1) is 0 Å². The van der Waals surface area contributed by atoms with Gasteiger partial charge in [-0.25, -0.2) is 8.78 Å². The number of nitrogens with one attached hydrogen (secondary N) is 1. The largest absolute Gasteiger partial charge is 0.349 e. The molecule has 0 amide bonds. The van der Waals surface area contributed by atoms with E-state index in [9.17, 15) is 8.78 Å². The average Bonchev–Trinajstić information content (AvgIpc) is 3.04. The molecule has 2 aromatic carbocycles. The Morgan fingerprint density at radius 3 is 2.46 bits per heavy atom. The van der Waals surface area contributed by atoms with Crippen molar-refractivity contribution in [3.8, 4) is 0 Å². The number of rotatable bonds is 6. The van der Waals surface area contributed by atoms with Gasteiger partial charge in [0.2, 0.25) is 11.1 Å². The number of nitrogens with zero attached hydrogens (tertiary/aromatic N) is 3. The fraction of sp³-hybridized carbons (Fsp3) is 0.176. The van der Waals surface area contributed by atoms with Crippen LogP contribution in [0.3, 0.4) is 0 Å². The number of benzene rings is 2. The first kappa shape index (κ1) is 16.3. The van der Waals surface area contributed by atoms with Gasteiger partial charge in [-0.3, -0.25) is 0 Å². The Balaban J connectivity index is 1.63. The van der Waals surface area contributed by atoms with Crippen molar-refractivity contribution in [3.63, 3.8) is 0 Å². The van der Waals surface area contributed by atoms with E-state index < -0.39 is 11.6 Å². The quantitative estimate of drug-likeness (QED) is 0.731. The third-order valence-corrected chi connectivity index (χ3v) is 4.32. The van der Waals surface area contributed by atoms with E-state index in [4.69, 9.17) is 0 Å². The van der Waals surface area contributed by atoms with Crippen LogP contribution in [0.5, 0.6) is 0 Å². The second-order valence-electron chi connectivity index (χ2n) is 5.30. The minimum Gasteiger partial charge on any atom is -0.349 e. The van der Waals surface area contributed by atoms with Crippen molar-refractivity contribution in [2.75, 3.05) is 17.3 Å². The summed E-state index contributed by atoms with van der Waals surface area (Å²) < 4.78 is 31.4. The van der Waals surface area contributed by atoms with Gasteiger partial charge < -0.3 is 10.2 Å². The molecule has 4 nitrogen and oxygen atoms in total. The van der Waals surface area contributed by atoms with Gasteiger partial charge in [0.1, 0.15) is 11.6 Å². The summed E-state index contributed by atoms with van der Waals surface area (Å²) in [5.74, 6) is -0.809. The van der Waals surface area contributed by atoms with Crippen LogP contribution in [-0.2, 0) is 13.1 Å². The monoisotopic (exact) mass is 346 g/mol. The standard InChI is InChI=1S/C17H16F2N4S/c1-23(11-12-6-3-2-4-7-12)17-21-16(22-24-17)20-10-13-14(18)8-5-9-15(13)19/h2-9H,10-11H2,1H3,(H,20,22). The van der Waals surface area contributed by atoms with Gasteiger partial charge in [0.05, 0.1) is 0 Å². The number of aromatic nitrogens is 2. The van der Waals surface area contributed by atoms with Crippen LogP contribution in [0.25, 0.3) is 0 Å². The molecular weight excluding hydrogens is 330 g/mol. The number of halogens is 2. The number of hydrogen-bond acceptors (Lipinski definition) is 5. The third-order valence-electron chi connectivity index (χ3n) is 3.49. The molecule has 0 fully saturated rings. The first-order valence-corrected chi connectivity index (χ1v) is 8.16. The second kappa shape index (κ2) is 7.35. The van der Waals surface area contributed by atoms with Gasteiger partial charge in [-0.05, 0) is 17.7 Å². The Bertz CT molecular complexity index is 787. The van der Waals surface area contributed by atoms with Crippen molar-refractivity contribution in [2.24, 2.45) is 0 Å². The van der Waals surface area contributed by atoms with Crippen LogP contribution in [0.15, 0.2) is 48.5 Å². The maximum Gasteiger partial charge on any atom is 0.236 e.